The predicted molar refractivity (Wildman–Crippen MR) is 97.4 cm³/mol. The standard InChI is InChI=1S/C19H26ClNO4/c1-3-5-25-18-8-16(20)14(7-17(18)23-2)9-21-10-15-4-6-24-13-19(15,11-21)12-22/h3,7-8,15,22H,1,4-6,9-13H2,2H3/t15-,19+/m0/s1. The van der Waals surface area contributed by atoms with Gasteiger partial charge in [0.25, 0.3) is 0 Å². The highest BCUT2D eigenvalue weighted by Crippen LogP contribution is 2.42. The molecule has 1 aromatic carbocycles. The summed E-state index contributed by atoms with van der Waals surface area (Å²) < 4.78 is 16.7. The van der Waals surface area contributed by atoms with Gasteiger partial charge in [0.05, 0.1) is 20.3 Å². The highest BCUT2D eigenvalue weighted by molar-refractivity contribution is 6.31. The van der Waals surface area contributed by atoms with Gasteiger partial charge in [-0.1, -0.05) is 24.3 Å². The zero-order chi connectivity index (χ0) is 17.9. The second-order valence-corrected chi connectivity index (χ2v) is 7.33. The van der Waals surface area contributed by atoms with Crippen molar-refractivity contribution < 1.29 is 19.3 Å². The number of likely N-dealkylation sites (tertiary alicyclic amines) is 1. The number of aliphatic hydroxyl groups excluding tert-OH is 1. The zero-order valence-corrected chi connectivity index (χ0v) is 15.4. The van der Waals surface area contributed by atoms with Gasteiger partial charge < -0.3 is 19.3 Å². The van der Waals surface area contributed by atoms with Gasteiger partial charge in [0.15, 0.2) is 11.5 Å². The van der Waals surface area contributed by atoms with Crippen LogP contribution in [-0.4, -0.2) is 56.6 Å². The SMILES string of the molecule is C=CCOc1cc(Cl)c(CN2C[C@@H]3CCOC[C@]3(CO)C2)cc1OC. The molecule has 2 atom stereocenters. The second kappa shape index (κ2) is 7.96. The van der Waals surface area contributed by atoms with Crippen molar-refractivity contribution in [2.24, 2.45) is 11.3 Å². The van der Waals surface area contributed by atoms with Gasteiger partial charge in [0.1, 0.15) is 6.61 Å². The molecule has 2 aliphatic rings. The minimum Gasteiger partial charge on any atom is -0.493 e. The monoisotopic (exact) mass is 367 g/mol. The Morgan fingerprint density at radius 1 is 1.48 bits per heavy atom. The number of ether oxygens (including phenoxy) is 3. The molecule has 5 nitrogen and oxygen atoms in total. The lowest BCUT2D eigenvalue weighted by atomic mass is 9.76. The largest absolute Gasteiger partial charge is 0.493 e. The van der Waals surface area contributed by atoms with Crippen LogP contribution in [0.4, 0.5) is 0 Å². The summed E-state index contributed by atoms with van der Waals surface area (Å²) in [5.41, 5.74) is 0.860. The first-order valence-corrected chi connectivity index (χ1v) is 9.00. The maximum absolute atomic E-state index is 9.91. The van der Waals surface area contributed by atoms with Crippen LogP contribution in [0.1, 0.15) is 12.0 Å². The van der Waals surface area contributed by atoms with Gasteiger partial charge in [-0.3, -0.25) is 4.90 Å². The molecule has 2 fully saturated rings. The van der Waals surface area contributed by atoms with Crippen LogP contribution in [-0.2, 0) is 11.3 Å². The van der Waals surface area contributed by atoms with Gasteiger partial charge in [-0.05, 0) is 24.0 Å². The van der Waals surface area contributed by atoms with Crippen molar-refractivity contribution in [2.45, 2.75) is 13.0 Å². The van der Waals surface area contributed by atoms with Crippen molar-refractivity contribution >= 4 is 11.6 Å². The number of nitrogens with zero attached hydrogens (tertiary/aromatic N) is 1. The van der Waals surface area contributed by atoms with Gasteiger partial charge in [0.2, 0.25) is 0 Å². The number of fused-ring (bicyclic) bond motifs is 1. The molecule has 0 aromatic heterocycles. The van der Waals surface area contributed by atoms with Crippen LogP contribution in [0, 0.1) is 11.3 Å². The number of hydrogen-bond acceptors (Lipinski definition) is 5. The van der Waals surface area contributed by atoms with Crippen molar-refractivity contribution in [3.63, 3.8) is 0 Å². The highest BCUT2D eigenvalue weighted by Gasteiger charge is 2.48. The summed E-state index contributed by atoms with van der Waals surface area (Å²) in [7, 11) is 1.62. The van der Waals surface area contributed by atoms with E-state index >= 15 is 0 Å². The molecule has 2 heterocycles. The van der Waals surface area contributed by atoms with E-state index in [1.54, 1.807) is 19.3 Å². The van der Waals surface area contributed by atoms with E-state index in [0.717, 1.165) is 38.2 Å². The zero-order valence-electron chi connectivity index (χ0n) is 14.7. The molecule has 138 valence electrons. The first-order chi connectivity index (χ1) is 12.1. The normalized spacial score (nSPS) is 26.3. The van der Waals surface area contributed by atoms with Crippen molar-refractivity contribution in [2.75, 3.05) is 46.6 Å². The van der Waals surface area contributed by atoms with Crippen LogP contribution in [0.5, 0.6) is 11.5 Å². The molecule has 1 N–H and O–H groups in total. The lowest BCUT2D eigenvalue weighted by molar-refractivity contribution is -0.0561. The predicted octanol–water partition coefficient (Wildman–Crippen LogP) is 2.74. The Balaban J connectivity index is 1.75. The van der Waals surface area contributed by atoms with Gasteiger partial charge in [-0.15, -0.1) is 0 Å². The van der Waals surface area contributed by atoms with Crippen LogP contribution >= 0.6 is 11.6 Å². The molecule has 0 unspecified atom stereocenters. The molecule has 2 aliphatic heterocycles. The van der Waals surface area contributed by atoms with Gasteiger partial charge in [0, 0.05) is 42.7 Å². The first kappa shape index (κ1) is 18.5. The fraction of sp³-hybridized carbons (Fsp3) is 0.579. The van der Waals surface area contributed by atoms with E-state index in [1.165, 1.54) is 0 Å². The Kier molecular flexibility index (Phi) is 5.89. The van der Waals surface area contributed by atoms with E-state index in [2.05, 4.69) is 11.5 Å². The maximum Gasteiger partial charge on any atom is 0.163 e. The summed E-state index contributed by atoms with van der Waals surface area (Å²) in [6.07, 6.45) is 2.69. The van der Waals surface area contributed by atoms with Crippen LogP contribution in [0.15, 0.2) is 24.8 Å². The van der Waals surface area contributed by atoms with E-state index in [4.69, 9.17) is 25.8 Å². The summed E-state index contributed by atoms with van der Waals surface area (Å²) in [6.45, 7) is 8.13. The molecule has 0 aliphatic carbocycles. The molecule has 0 spiro atoms. The molecule has 3 rings (SSSR count). The number of hydrogen-bond donors (Lipinski definition) is 1. The molecule has 6 heteroatoms. The summed E-state index contributed by atoms with van der Waals surface area (Å²) in [5.74, 6) is 1.76. The fourth-order valence-electron chi connectivity index (χ4n) is 3.91. The van der Waals surface area contributed by atoms with Crippen molar-refractivity contribution in [1.29, 1.82) is 0 Å². The van der Waals surface area contributed by atoms with E-state index < -0.39 is 0 Å². The molecular formula is C19H26ClNO4. The van der Waals surface area contributed by atoms with Crippen molar-refractivity contribution in [3.05, 3.63) is 35.4 Å². The first-order valence-electron chi connectivity index (χ1n) is 8.63. The van der Waals surface area contributed by atoms with Crippen LogP contribution in [0.25, 0.3) is 0 Å². The topological polar surface area (TPSA) is 51.2 Å². The third-order valence-electron chi connectivity index (χ3n) is 5.28. The molecule has 25 heavy (non-hydrogen) atoms. The summed E-state index contributed by atoms with van der Waals surface area (Å²) in [5, 5.41) is 10.6. The Morgan fingerprint density at radius 2 is 2.32 bits per heavy atom. The van der Waals surface area contributed by atoms with E-state index in [1.807, 2.05) is 6.07 Å². The lowest BCUT2D eigenvalue weighted by Gasteiger charge is -2.36. The number of rotatable bonds is 7. The molecule has 2 saturated heterocycles. The van der Waals surface area contributed by atoms with Crippen LogP contribution in [0.3, 0.4) is 0 Å². The molecule has 0 radical (unpaired) electrons. The van der Waals surface area contributed by atoms with Gasteiger partial charge >= 0.3 is 0 Å². The average Bonchev–Trinajstić information content (AvgIpc) is 3.00. The molecular weight excluding hydrogens is 342 g/mol. The van der Waals surface area contributed by atoms with E-state index in [9.17, 15) is 5.11 Å². The van der Waals surface area contributed by atoms with Crippen LogP contribution in [0.2, 0.25) is 5.02 Å². The van der Waals surface area contributed by atoms with Crippen molar-refractivity contribution in [1.82, 2.24) is 4.90 Å². The second-order valence-electron chi connectivity index (χ2n) is 6.92. The Labute approximate surface area is 154 Å². The summed E-state index contributed by atoms with van der Waals surface area (Å²) >= 11 is 6.48. The Morgan fingerprint density at radius 3 is 3.00 bits per heavy atom. The van der Waals surface area contributed by atoms with E-state index in [-0.39, 0.29) is 12.0 Å². The Bertz CT molecular complexity index is 624. The third-order valence-corrected chi connectivity index (χ3v) is 5.63. The van der Waals surface area contributed by atoms with Gasteiger partial charge in [-0.25, -0.2) is 0 Å². The third kappa shape index (κ3) is 3.80. The maximum atomic E-state index is 9.91. The molecule has 1 aromatic rings. The van der Waals surface area contributed by atoms with Gasteiger partial charge in [-0.2, -0.15) is 0 Å². The minimum absolute atomic E-state index is 0.137. The average molecular weight is 368 g/mol. The molecule has 0 bridgehead atoms. The summed E-state index contributed by atoms with van der Waals surface area (Å²) in [4.78, 5) is 2.35. The number of halogens is 1. The Hall–Kier alpha value is -1.27. The highest BCUT2D eigenvalue weighted by atomic mass is 35.5. The number of benzene rings is 1. The molecule has 0 saturated carbocycles. The quantitative estimate of drug-likeness (QED) is 0.751. The molecule has 0 amide bonds. The summed E-state index contributed by atoms with van der Waals surface area (Å²) in [6, 6.07) is 3.73. The lowest BCUT2D eigenvalue weighted by Crippen LogP contribution is -2.42. The number of aliphatic hydroxyl groups is 1. The van der Waals surface area contributed by atoms with Crippen molar-refractivity contribution in [3.8, 4) is 11.5 Å². The number of methoxy groups -OCH3 is 1. The van der Waals surface area contributed by atoms with E-state index in [0.29, 0.717) is 35.7 Å². The minimum atomic E-state index is -0.137. The smallest absolute Gasteiger partial charge is 0.163 e. The van der Waals surface area contributed by atoms with Crippen LogP contribution < -0.4 is 9.47 Å². The fourth-order valence-corrected chi connectivity index (χ4v) is 4.13.